The number of piperidine rings is 2. The Labute approximate surface area is 143 Å². The molecule has 1 aromatic rings. The maximum atomic E-state index is 12.6. The number of carbonyl (C=O) groups excluding carboxylic acids is 1. The van der Waals surface area contributed by atoms with E-state index in [-0.39, 0.29) is 30.4 Å². The summed E-state index contributed by atoms with van der Waals surface area (Å²) in [6.07, 6.45) is 5.14. The summed E-state index contributed by atoms with van der Waals surface area (Å²) in [7, 11) is 0. The van der Waals surface area contributed by atoms with Crippen molar-refractivity contribution in [3.8, 4) is 0 Å². The molecule has 0 radical (unpaired) electrons. The molecule has 3 rings (SSSR count). The van der Waals surface area contributed by atoms with Gasteiger partial charge in [-0.05, 0) is 32.7 Å². The van der Waals surface area contributed by atoms with Crippen molar-refractivity contribution in [1.82, 2.24) is 15.0 Å². The van der Waals surface area contributed by atoms with Gasteiger partial charge in [-0.1, -0.05) is 11.2 Å². The average Bonchev–Trinajstić information content (AvgIpc) is 2.99. The third kappa shape index (κ3) is 3.26. The van der Waals surface area contributed by atoms with Gasteiger partial charge in [-0.15, -0.1) is 6.58 Å². The van der Waals surface area contributed by atoms with Gasteiger partial charge in [0, 0.05) is 37.2 Å². The van der Waals surface area contributed by atoms with Crippen molar-refractivity contribution >= 4 is 5.91 Å². The predicted octanol–water partition coefficient (Wildman–Crippen LogP) is 1.39. The van der Waals surface area contributed by atoms with Crippen molar-refractivity contribution < 1.29 is 14.4 Å². The fourth-order valence-corrected chi connectivity index (χ4v) is 4.24. The number of hydrogen-bond acceptors (Lipinski definition) is 5. The lowest BCUT2D eigenvalue weighted by Gasteiger charge is -2.54. The van der Waals surface area contributed by atoms with Gasteiger partial charge < -0.3 is 14.5 Å². The molecule has 0 unspecified atom stereocenters. The number of aromatic nitrogens is 1. The molecule has 2 atom stereocenters. The number of hydrogen-bond donors (Lipinski definition) is 1. The SMILES string of the molecule is C=CCN1CCC[C@]2(CO)CCN(C(=O)Cc3cc(C)no3)C[C@@H]12. The summed E-state index contributed by atoms with van der Waals surface area (Å²) in [6, 6.07) is 2.01. The van der Waals surface area contributed by atoms with Gasteiger partial charge in [0.1, 0.15) is 5.76 Å². The van der Waals surface area contributed by atoms with Crippen LogP contribution in [0.4, 0.5) is 0 Å². The third-order valence-corrected chi connectivity index (χ3v) is 5.57. The summed E-state index contributed by atoms with van der Waals surface area (Å²) in [5.41, 5.74) is 0.709. The van der Waals surface area contributed by atoms with E-state index < -0.39 is 0 Å². The molecule has 2 saturated heterocycles. The molecule has 6 nitrogen and oxygen atoms in total. The Balaban J connectivity index is 1.71. The molecule has 2 aliphatic heterocycles. The van der Waals surface area contributed by atoms with Gasteiger partial charge in [0.2, 0.25) is 5.91 Å². The first kappa shape index (κ1) is 17.2. The maximum absolute atomic E-state index is 12.6. The molecule has 2 fully saturated rings. The molecule has 0 spiro atoms. The molecule has 0 saturated carbocycles. The minimum atomic E-state index is -0.0825. The summed E-state index contributed by atoms with van der Waals surface area (Å²) in [4.78, 5) is 16.9. The summed E-state index contributed by atoms with van der Waals surface area (Å²) in [5.74, 6) is 0.685. The van der Waals surface area contributed by atoms with Crippen molar-refractivity contribution in [1.29, 1.82) is 0 Å². The monoisotopic (exact) mass is 333 g/mol. The fourth-order valence-electron chi connectivity index (χ4n) is 4.24. The second-order valence-corrected chi connectivity index (χ2v) is 7.12. The van der Waals surface area contributed by atoms with Gasteiger partial charge in [0.15, 0.2) is 0 Å². The summed E-state index contributed by atoms with van der Waals surface area (Å²) in [5, 5.41) is 13.9. The van der Waals surface area contributed by atoms with Crippen LogP contribution in [0.15, 0.2) is 23.2 Å². The summed E-state index contributed by atoms with van der Waals surface area (Å²) >= 11 is 0. The highest BCUT2D eigenvalue weighted by Crippen LogP contribution is 2.42. The zero-order valence-corrected chi connectivity index (χ0v) is 14.4. The molecule has 3 heterocycles. The number of likely N-dealkylation sites (tertiary alicyclic amines) is 2. The minimum Gasteiger partial charge on any atom is -0.396 e. The lowest BCUT2D eigenvalue weighted by molar-refractivity contribution is -0.140. The number of aryl methyl sites for hydroxylation is 1. The molecule has 2 aliphatic rings. The highest BCUT2D eigenvalue weighted by Gasteiger charge is 2.47. The Kier molecular flexibility index (Phi) is 5.06. The van der Waals surface area contributed by atoms with E-state index in [1.165, 1.54) is 0 Å². The van der Waals surface area contributed by atoms with Crippen LogP contribution in [0.5, 0.6) is 0 Å². The number of carbonyl (C=O) groups is 1. The van der Waals surface area contributed by atoms with E-state index in [9.17, 15) is 9.90 Å². The van der Waals surface area contributed by atoms with E-state index in [2.05, 4.69) is 16.6 Å². The zero-order valence-electron chi connectivity index (χ0n) is 14.4. The molecule has 0 bridgehead atoms. The third-order valence-electron chi connectivity index (χ3n) is 5.57. The quantitative estimate of drug-likeness (QED) is 0.825. The fraction of sp³-hybridized carbons (Fsp3) is 0.667. The Morgan fingerprint density at radius 2 is 2.38 bits per heavy atom. The van der Waals surface area contributed by atoms with Crippen molar-refractivity contribution in [2.45, 2.75) is 38.6 Å². The van der Waals surface area contributed by atoms with Crippen LogP contribution in [-0.4, -0.2) is 64.8 Å². The smallest absolute Gasteiger partial charge is 0.230 e. The van der Waals surface area contributed by atoms with Crippen LogP contribution in [0, 0.1) is 12.3 Å². The first-order valence-electron chi connectivity index (χ1n) is 8.74. The number of amides is 1. The lowest BCUT2D eigenvalue weighted by atomic mass is 9.69. The molecule has 1 amide bonds. The van der Waals surface area contributed by atoms with Gasteiger partial charge in [0.05, 0.1) is 18.7 Å². The van der Waals surface area contributed by atoms with E-state index >= 15 is 0 Å². The molecule has 0 aromatic carbocycles. The molecule has 24 heavy (non-hydrogen) atoms. The highest BCUT2D eigenvalue weighted by molar-refractivity contribution is 5.78. The molecule has 1 N–H and O–H groups in total. The van der Waals surface area contributed by atoms with E-state index in [0.717, 1.165) is 38.0 Å². The topological polar surface area (TPSA) is 69.8 Å². The summed E-state index contributed by atoms with van der Waals surface area (Å²) < 4.78 is 5.17. The first-order valence-corrected chi connectivity index (χ1v) is 8.74. The van der Waals surface area contributed by atoms with Gasteiger partial charge in [-0.2, -0.15) is 0 Å². The van der Waals surface area contributed by atoms with E-state index in [1.54, 1.807) is 0 Å². The second-order valence-electron chi connectivity index (χ2n) is 7.12. The Bertz CT molecular complexity index is 600. The van der Waals surface area contributed by atoms with E-state index in [1.807, 2.05) is 24.0 Å². The van der Waals surface area contributed by atoms with Gasteiger partial charge >= 0.3 is 0 Å². The Morgan fingerprint density at radius 1 is 1.54 bits per heavy atom. The minimum absolute atomic E-state index is 0.0711. The van der Waals surface area contributed by atoms with E-state index in [0.29, 0.717) is 18.8 Å². The number of aliphatic hydroxyl groups excluding tert-OH is 1. The molecular weight excluding hydrogens is 306 g/mol. The first-order chi connectivity index (χ1) is 11.6. The number of nitrogens with zero attached hydrogens (tertiary/aromatic N) is 3. The van der Waals surface area contributed by atoms with Crippen molar-refractivity contribution in [3.05, 3.63) is 30.2 Å². The van der Waals surface area contributed by atoms with Crippen LogP contribution in [0.3, 0.4) is 0 Å². The van der Waals surface area contributed by atoms with Crippen LogP contribution >= 0.6 is 0 Å². The average molecular weight is 333 g/mol. The predicted molar refractivity (Wildman–Crippen MR) is 90.5 cm³/mol. The molecule has 6 heteroatoms. The second kappa shape index (κ2) is 7.07. The van der Waals surface area contributed by atoms with Gasteiger partial charge in [-0.3, -0.25) is 9.69 Å². The zero-order chi connectivity index (χ0) is 17.2. The Hall–Kier alpha value is -1.66. The highest BCUT2D eigenvalue weighted by atomic mass is 16.5. The number of rotatable bonds is 5. The number of aliphatic hydroxyl groups is 1. The van der Waals surface area contributed by atoms with Gasteiger partial charge in [0.25, 0.3) is 0 Å². The van der Waals surface area contributed by atoms with Crippen LogP contribution in [0.25, 0.3) is 0 Å². The molecule has 132 valence electrons. The standard InChI is InChI=1S/C18H27N3O3/c1-3-7-20-8-4-5-18(13-22)6-9-21(12-16(18)20)17(23)11-15-10-14(2)19-24-15/h3,10,16,22H,1,4-9,11-13H2,2H3/t16-,18-/m1/s1. The largest absolute Gasteiger partial charge is 0.396 e. The normalized spacial score (nSPS) is 27.8. The van der Waals surface area contributed by atoms with Crippen molar-refractivity contribution in [2.75, 3.05) is 32.8 Å². The molecular formula is C18H27N3O3. The van der Waals surface area contributed by atoms with E-state index in [4.69, 9.17) is 4.52 Å². The molecule has 1 aromatic heterocycles. The van der Waals surface area contributed by atoms with Crippen LogP contribution in [0.2, 0.25) is 0 Å². The van der Waals surface area contributed by atoms with Crippen molar-refractivity contribution in [3.63, 3.8) is 0 Å². The van der Waals surface area contributed by atoms with Crippen LogP contribution in [0.1, 0.15) is 30.7 Å². The van der Waals surface area contributed by atoms with Gasteiger partial charge in [-0.25, -0.2) is 0 Å². The molecule has 0 aliphatic carbocycles. The maximum Gasteiger partial charge on any atom is 0.230 e. The van der Waals surface area contributed by atoms with Crippen molar-refractivity contribution in [2.24, 2.45) is 5.41 Å². The van der Waals surface area contributed by atoms with Crippen LogP contribution in [-0.2, 0) is 11.2 Å². The lowest BCUT2D eigenvalue weighted by Crippen LogP contribution is -2.63. The summed E-state index contributed by atoms with van der Waals surface area (Å²) in [6.45, 7) is 9.06. The number of fused-ring (bicyclic) bond motifs is 1. The Morgan fingerprint density at radius 3 is 3.04 bits per heavy atom. The van der Waals surface area contributed by atoms with Crippen LogP contribution < -0.4 is 0 Å².